The molecule has 0 bridgehead atoms. The van der Waals surface area contributed by atoms with Gasteiger partial charge in [-0.3, -0.25) is 4.90 Å². The average Bonchev–Trinajstić information content (AvgIpc) is 3.15. The normalized spacial score (nSPS) is 28.6. The fourth-order valence-corrected chi connectivity index (χ4v) is 3.82. The summed E-state index contributed by atoms with van der Waals surface area (Å²) in [5.74, 6) is 0.909. The van der Waals surface area contributed by atoms with Gasteiger partial charge in [0.15, 0.2) is 5.82 Å². The van der Waals surface area contributed by atoms with Crippen molar-refractivity contribution in [3.05, 3.63) is 22.8 Å². The van der Waals surface area contributed by atoms with Crippen LogP contribution in [0.3, 0.4) is 0 Å². The molecule has 1 N–H and O–H groups in total. The molecule has 4 heterocycles. The summed E-state index contributed by atoms with van der Waals surface area (Å²) in [7, 11) is 0. The zero-order chi connectivity index (χ0) is 14.2. The van der Waals surface area contributed by atoms with Gasteiger partial charge in [0.2, 0.25) is 0 Å². The van der Waals surface area contributed by atoms with Crippen molar-refractivity contribution < 1.29 is 4.74 Å². The molecule has 3 aliphatic rings. The van der Waals surface area contributed by atoms with Crippen molar-refractivity contribution in [2.75, 3.05) is 19.7 Å². The van der Waals surface area contributed by atoms with Crippen molar-refractivity contribution in [2.45, 2.75) is 57.8 Å². The standard InChI is InChI=1S/C16H24N4O/c1-2-4-13-12-7-17-8-14(12)19-16(18-13)15-9-20-6-3-5-11(20)10-21-15/h11,15,17H,2-10H2,1H3. The molecule has 0 amide bonds. The van der Waals surface area contributed by atoms with Gasteiger partial charge in [-0.25, -0.2) is 9.97 Å². The third kappa shape index (κ3) is 2.47. The molecule has 0 aromatic carbocycles. The molecule has 0 aliphatic carbocycles. The van der Waals surface area contributed by atoms with Crippen LogP contribution in [0.25, 0.3) is 0 Å². The van der Waals surface area contributed by atoms with Crippen LogP contribution in [0, 0.1) is 0 Å². The van der Waals surface area contributed by atoms with Crippen LogP contribution < -0.4 is 5.32 Å². The van der Waals surface area contributed by atoms with Crippen LogP contribution in [0.5, 0.6) is 0 Å². The van der Waals surface area contributed by atoms with Gasteiger partial charge in [-0.05, 0) is 25.8 Å². The quantitative estimate of drug-likeness (QED) is 0.915. The summed E-state index contributed by atoms with van der Waals surface area (Å²) in [6.07, 6.45) is 4.81. The minimum Gasteiger partial charge on any atom is -0.367 e. The maximum atomic E-state index is 6.08. The van der Waals surface area contributed by atoms with E-state index in [9.17, 15) is 0 Å². The van der Waals surface area contributed by atoms with Gasteiger partial charge in [0.1, 0.15) is 6.10 Å². The molecule has 0 radical (unpaired) electrons. The molecule has 0 saturated carbocycles. The Hall–Kier alpha value is -1.04. The molecular formula is C16H24N4O. The number of aromatic nitrogens is 2. The Morgan fingerprint density at radius 1 is 1.33 bits per heavy atom. The van der Waals surface area contributed by atoms with Gasteiger partial charge in [0.25, 0.3) is 0 Å². The Morgan fingerprint density at radius 3 is 3.19 bits per heavy atom. The third-order valence-electron chi connectivity index (χ3n) is 4.95. The Morgan fingerprint density at radius 2 is 2.29 bits per heavy atom. The lowest BCUT2D eigenvalue weighted by atomic mass is 10.1. The summed E-state index contributed by atoms with van der Waals surface area (Å²) in [5, 5.41) is 3.40. The number of morpholine rings is 1. The average molecular weight is 288 g/mol. The van der Waals surface area contributed by atoms with Crippen molar-refractivity contribution in [1.29, 1.82) is 0 Å². The van der Waals surface area contributed by atoms with Gasteiger partial charge in [-0.1, -0.05) is 13.3 Å². The molecule has 2 fully saturated rings. The SMILES string of the molecule is CCCc1nc(C2CN3CCCC3CO2)nc2c1CNC2. The third-order valence-corrected chi connectivity index (χ3v) is 4.95. The van der Waals surface area contributed by atoms with Gasteiger partial charge in [-0.2, -0.15) is 0 Å². The summed E-state index contributed by atoms with van der Waals surface area (Å²) in [5.41, 5.74) is 3.75. The van der Waals surface area contributed by atoms with E-state index in [1.54, 1.807) is 0 Å². The first-order valence-electron chi connectivity index (χ1n) is 8.30. The maximum Gasteiger partial charge on any atom is 0.158 e. The highest BCUT2D eigenvalue weighted by atomic mass is 16.5. The molecular weight excluding hydrogens is 264 g/mol. The topological polar surface area (TPSA) is 50.3 Å². The zero-order valence-corrected chi connectivity index (χ0v) is 12.8. The summed E-state index contributed by atoms with van der Waals surface area (Å²) in [4.78, 5) is 12.2. The molecule has 2 atom stereocenters. The zero-order valence-electron chi connectivity index (χ0n) is 12.8. The molecule has 3 aliphatic heterocycles. The van der Waals surface area contributed by atoms with Crippen LogP contribution in [0.2, 0.25) is 0 Å². The highest BCUT2D eigenvalue weighted by Gasteiger charge is 2.34. The number of rotatable bonds is 3. The molecule has 5 nitrogen and oxygen atoms in total. The second-order valence-corrected chi connectivity index (χ2v) is 6.42. The van der Waals surface area contributed by atoms with Gasteiger partial charge in [0.05, 0.1) is 12.3 Å². The maximum absolute atomic E-state index is 6.08. The van der Waals surface area contributed by atoms with Crippen molar-refractivity contribution in [3.63, 3.8) is 0 Å². The summed E-state index contributed by atoms with van der Waals surface area (Å²) in [6, 6.07) is 0.632. The summed E-state index contributed by atoms with van der Waals surface area (Å²) in [6.45, 7) is 7.02. The van der Waals surface area contributed by atoms with Crippen molar-refractivity contribution in [3.8, 4) is 0 Å². The number of nitrogens with zero attached hydrogens (tertiary/aromatic N) is 3. The summed E-state index contributed by atoms with van der Waals surface area (Å²) >= 11 is 0. The van der Waals surface area contributed by atoms with Crippen molar-refractivity contribution in [2.24, 2.45) is 0 Å². The van der Waals surface area contributed by atoms with E-state index in [2.05, 4.69) is 17.1 Å². The molecule has 4 rings (SSSR count). The van der Waals surface area contributed by atoms with Crippen LogP contribution in [0.4, 0.5) is 0 Å². The number of aryl methyl sites for hydroxylation is 1. The van der Waals surface area contributed by atoms with E-state index in [1.807, 2.05) is 0 Å². The van der Waals surface area contributed by atoms with E-state index in [0.717, 1.165) is 44.9 Å². The van der Waals surface area contributed by atoms with Crippen molar-refractivity contribution >= 4 is 0 Å². The number of nitrogens with one attached hydrogen (secondary N) is 1. The van der Waals surface area contributed by atoms with E-state index in [1.165, 1.54) is 36.3 Å². The lowest BCUT2D eigenvalue weighted by molar-refractivity contribution is -0.0542. The highest BCUT2D eigenvalue weighted by Crippen LogP contribution is 2.30. The smallest absolute Gasteiger partial charge is 0.158 e. The van der Waals surface area contributed by atoms with Crippen molar-refractivity contribution in [1.82, 2.24) is 20.2 Å². The molecule has 114 valence electrons. The van der Waals surface area contributed by atoms with E-state index >= 15 is 0 Å². The van der Waals surface area contributed by atoms with Crippen LogP contribution in [-0.2, 0) is 24.2 Å². The Bertz CT molecular complexity index is 533. The summed E-state index contributed by atoms with van der Waals surface area (Å²) < 4.78 is 6.08. The first-order chi connectivity index (χ1) is 10.3. The molecule has 21 heavy (non-hydrogen) atoms. The van der Waals surface area contributed by atoms with Gasteiger partial charge in [0, 0.05) is 36.9 Å². The van der Waals surface area contributed by atoms with Crippen LogP contribution in [0.15, 0.2) is 0 Å². The molecule has 2 unspecified atom stereocenters. The Kier molecular flexibility index (Phi) is 3.65. The van der Waals surface area contributed by atoms with Crippen LogP contribution in [0.1, 0.15) is 55.1 Å². The number of hydrogen-bond donors (Lipinski definition) is 1. The Labute approximate surface area is 126 Å². The van der Waals surface area contributed by atoms with E-state index < -0.39 is 0 Å². The lowest BCUT2D eigenvalue weighted by Gasteiger charge is -2.34. The molecule has 2 saturated heterocycles. The predicted molar refractivity (Wildman–Crippen MR) is 79.9 cm³/mol. The first kappa shape index (κ1) is 13.6. The molecule has 0 spiro atoms. The van der Waals surface area contributed by atoms with Gasteiger partial charge >= 0.3 is 0 Å². The highest BCUT2D eigenvalue weighted by molar-refractivity contribution is 5.30. The van der Waals surface area contributed by atoms with Gasteiger partial charge in [-0.15, -0.1) is 0 Å². The van der Waals surface area contributed by atoms with E-state index in [-0.39, 0.29) is 6.10 Å². The fourth-order valence-electron chi connectivity index (χ4n) is 3.82. The molecule has 1 aromatic rings. The molecule has 5 heteroatoms. The minimum atomic E-state index is 0.0563. The van der Waals surface area contributed by atoms with Crippen LogP contribution in [-0.4, -0.2) is 40.6 Å². The fraction of sp³-hybridized carbons (Fsp3) is 0.750. The van der Waals surface area contributed by atoms with Crippen LogP contribution >= 0.6 is 0 Å². The number of fused-ring (bicyclic) bond motifs is 2. The number of hydrogen-bond acceptors (Lipinski definition) is 5. The van der Waals surface area contributed by atoms with Gasteiger partial charge < -0.3 is 10.1 Å². The minimum absolute atomic E-state index is 0.0563. The second kappa shape index (κ2) is 5.63. The largest absolute Gasteiger partial charge is 0.367 e. The number of ether oxygens (including phenoxy) is 1. The second-order valence-electron chi connectivity index (χ2n) is 6.42. The predicted octanol–water partition coefficient (Wildman–Crippen LogP) is 1.57. The monoisotopic (exact) mass is 288 g/mol. The first-order valence-corrected chi connectivity index (χ1v) is 8.30. The van der Waals surface area contributed by atoms with E-state index in [0.29, 0.717) is 6.04 Å². The Balaban J connectivity index is 1.61. The lowest BCUT2D eigenvalue weighted by Crippen LogP contribution is -2.43. The molecule has 1 aromatic heterocycles. The van der Waals surface area contributed by atoms with E-state index in [4.69, 9.17) is 14.7 Å².